The van der Waals surface area contributed by atoms with Gasteiger partial charge in [0.25, 0.3) is 0 Å². The highest BCUT2D eigenvalue weighted by Gasteiger charge is 2.31. The van der Waals surface area contributed by atoms with Crippen LogP contribution in [0.15, 0.2) is 164 Å². The van der Waals surface area contributed by atoms with Crippen molar-refractivity contribution in [2.24, 2.45) is 0 Å². The lowest BCUT2D eigenvalue weighted by atomic mass is 9.86. The van der Waals surface area contributed by atoms with E-state index in [9.17, 15) is 5.21 Å². The van der Waals surface area contributed by atoms with Gasteiger partial charge in [-0.15, -0.1) is 0 Å². The lowest BCUT2D eigenvalue weighted by molar-refractivity contribution is 0.219. The highest BCUT2D eigenvalue weighted by molar-refractivity contribution is 6.26. The normalized spacial score (nSPS) is 12.4. The van der Waals surface area contributed by atoms with Crippen molar-refractivity contribution < 1.29 is 5.21 Å². The number of hydrogen-bond donors (Lipinski definition) is 3. The molecule has 3 N–H and O–H groups in total. The maximum absolute atomic E-state index is 10.6. The standard InChI is InChI=1S/C43H30N4O/c44-36(29-15-6-2-7-16-29)27-40(45-48)47-37-21-11-10-19-35(37)42-39(47)26-25-34-33-24-23-31(28-13-4-1-5-14-28)32-20-12-22-38(41(32)33)46(43(34)42)30-17-8-3-9-18-30/h1-27,44-45,48H/b40-27+,44-36?. The van der Waals surface area contributed by atoms with Crippen LogP contribution < -0.4 is 10.4 Å². The van der Waals surface area contributed by atoms with Crippen LogP contribution in [-0.2, 0) is 0 Å². The number of nitrogens with one attached hydrogen (secondary N) is 2. The number of fused-ring (bicyclic) bond motifs is 6. The van der Waals surface area contributed by atoms with Gasteiger partial charge in [0, 0.05) is 33.5 Å². The Morgan fingerprint density at radius 2 is 1.21 bits per heavy atom. The monoisotopic (exact) mass is 618 g/mol. The van der Waals surface area contributed by atoms with Crippen LogP contribution in [0.3, 0.4) is 0 Å². The fourth-order valence-corrected chi connectivity index (χ4v) is 7.37. The molecule has 5 nitrogen and oxygen atoms in total. The number of allylic oxidation sites excluding steroid dienone is 1. The van der Waals surface area contributed by atoms with E-state index >= 15 is 0 Å². The van der Waals surface area contributed by atoms with Crippen LogP contribution in [0.4, 0.5) is 17.1 Å². The molecule has 0 bridgehead atoms. The smallest absolute Gasteiger partial charge is 0.137 e. The highest BCUT2D eigenvalue weighted by Crippen LogP contribution is 2.55. The van der Waals surface area contributed by atoms with Gasteiger partial charge in [0.1, 0.15) is 5.82 Å². The van der Waals surface area contributed by atoms with Gasteiger partial charge in [-0.2, -0.15) is 0 Å². The average Bonchev–Trinajstić information content (AvgIpc) is 3.49. The van der Waals surface area contributed by atoms with Crippen molar-refractivity contribution in [3.63, 3.8) is 0 Å². The average molecular weight is 619 g/mol. The van der Waals surface area contributed by atoms with E-state index in [1.807, 2.05) is 41.0 Å². The van der Waals surface area contributed by atoms with Gasteiger partial charge in [0.15, 0.2) is 0 Å². The van der Waals surface area contributed by atoms with E-state index in [4.69, 9.17) is 5.41 Å². The molecule has 1 aliphatic heterocycles. The van der Waals surface area contributed by atoms with Crippen LogP contribution in [0.5, 0.6) is 0 Å². The Morgan fingerprint density at radius 1 is 0.562 bits per heavy atom. The number of rotatable bonds is 6. The second kappa shape index (κ2) is 11.1. The summed E-state index contributed by atoms with van der Waals surface area (Å²) < 4.78 is 2.01. The highest BCUT2D eigenvalue weighted by atomic mass is 16.5. The topological polar surface area (TPSA) is 64.3 Å². The summed E-state index contributed by atoms with van der Waals surface area (Å²) >= 11 is 0. The maximum atomic E-state index is 10.6. The molecule has 0 spiro atoms. The van der Waals surface area contributed by atoms with E-state index in [2.05, 4.69) is 132 Å². The molecular weight excluding hydrogens is 589 g/mol. The minimum Gasteiger partial charge on any atom is -0.309 e. The predicted molar refractivity (Wildman–Crippen MR) is 199 cm³/mol. The van der Waals surface area contributed by atoms with Crippen LogP contribution in [0.25, 0.3) is 60.7 Å². The summed E-state index contributed by atoms with van der Waals surface area (Å²) in [6.07, 6.45) is 1.68. The third kappa shape index (κ3) is 4.19. The molecule has 0 radical (unpaired) electrons. The Kier molecular flexibility index (Phi) is 6.45. The van der Waals surface area contributed by atoms with Crippen molar-refractivity contribution in [2.75, 3.05) is 4.90 Å². The van der Waals surface area contributed by atoms with Crippen molar-refractivity contribution in [3.8, 4) is 22.3 Å². The van der Waals surface area contributed by atoms with E-state index in [1.54, 1.807) is 6.08 Å². The molecule has 228 valence electrons. The van der Waals surface area contributed by atoms with E-state index in [0.717, 1.165) is 50.0 Å². The number of nitrogens with zero attached hydrogens (tertiary/aromatic N) is 2. The first kappa shape index (κ1) is 27.8. The summed E-state index contributed by atoms with van der Waals surface area (Å²) in [7, 11) is 0. The molecule has 1 aliphatic rings. The molecule has 0 unspecified atom stereocenters. The van der Waals surface area contributed by atoms with Gasteiger partial charge in [0.05, 0.1) is 28.1 Å². The SMILES string of the molecule is N=C(/C=C(\NO)n1c2ccccc2c2c3c(ccc21)-c1ccc(-c2ccccc2)c2cccc(c12)N3c1ccccc1)c1ccccc1. The van der Waals surface area contributed by atoms with Gasteiger partial charge < -0.3 is 10.3 Å². The van der Waals surface area contributed by atoms with Gasteiger partial charge in [-0.25, -0.2) is 0 Å². The first-order valence-electron chi connectivity index (χ1n) is 16.0. The lowest BCUT2D eigenvalue weighted by Gasteiger charge is -2.34. The number of anilines is 3. The Labute approximate surface area is 277 Å². The van der Waals surface area contributed by atoms with Crippen LogP contribution in [0, 0.1) is 5.41 Å². The quantitative estimate of drug-likeness (QED) is 0.128. The second-order valence-electron chi connectivity index (χ2n) is 12.0. The predicted octanol–water partition coefficient (Wildman–Crippen LogP) is 10.9. The Balaban J connectivity index is 1.38. The summed E-state index contributed by atoms with van der Waals surface area (Å²) in [4.78, 5) is 2.39. The Hall–Kier alpha value is -6.43. The van der Waals surface area contributed by atoms with Crippen molar-refractivity contribution in [1.29, 1.82) is 5.41 Å². The molecule has 8 aromatic rings. The van der Waals surface area contributed by atoms with E-state index in [-0.39, 0.29) is 5.71 Å². The number of hydrogen-bond acceptors (Lipinski definition) is 4. The maximum Gasteiger partial charge on any atom is 0.137 e. The van der Waals surface area contributed by atoms with Gasteiger partial charge in [-0.1, -0.05) is 127 Å². The molecule has 2 heterocycles. The molecule has 0 atom stereocenters. The minimum atomic E-state index is 0.289. The van der Waals surface area contributed by atoms with Gasteiger partial charge in [0.2, 0.25) is 0 Å². The van der Waals surface area contributed by atoms with Gasteiger partial charge in [-0.05, 0) is 58.0 Å². The van der Waals surface area contributed by atoms with Crippen LogP contribution >= 0.6 is 0 Å². The minimum absolute atomic E-state index is 0.289. The molecule has 48 heavy (non-hydrogen) atoms. The molecule has 1 aromatic heterocycles. The first-order chi connectivity index (χ1) is 23.7. The molecular formula is C43H30N4O. The summed E-state index contributed by atoms with van der Waals surface area (Å²) in [5, 5.41) is 24.0. The fraction of sp³-hybridized carbons (Fsp3) is 0. The van der Waals surface area contributed by atoms with E-state index in [1.165, 1.54) is 27.5 Å². The Bertz CT molecular complexity index is 2550. The molecule has 0 saturated carbocycles. The summed E-state index contributed by atoms with van der Waals surface area (Å²) in [6.45, 7) is 0. The second-order valence-corrected chi connectivity index (χ2v) is 12.0. The Morgan fingerprint density at radius 3 is 1.98 bits per heavy atom. The van der Waals surface area contributed by atoms with Crippen LogP contribution in [-0.4, -0.2) is 15.5 Å². The van der Waals surface area contributed by atoms with E-state index < -0.39 is 0 Å². The number of benzene rings is 7. The largest absolute Gasteiger partial charge is 0.309 e. The molecule has 0 fully saturated rings. The molecule has 0 aliphatic carbocycles. The van der Waals surface area contributed by atoms with E-state index in [0.29, 0.717) is 5.82 Å². The number of para-hydroxylation sites is 2. The molecule has 5 heteroatoms. The fourth-order valence-electron chi connectivity index (χ4n) is 7.37. The molecule has 0 amide bonds. The third-order valence-corrected chi connectivity index (χ3v) is 9.40. The van der Waals surface area contributed by atoms with Crippen LogP contribution in [0.2, 0.25) is 0 Å². The van der Waals surface area contributed by atoms with Crippen molar-refractivity contribution in [2.45, 2.75) is 0 Å². The van der Waals surface area contributed by atoms with Crippen molar-refractivity contribution in [3.05, 3.63) is 169 Å². The van der Waals surface area contributed by atoms with Gasteiger partial charge in [-0.3, -0.25) is 15.3 Å². The summed E-state index contributed by atoms with van der Waals surface area (Å²) in [5.41, 5.74) is 13.3. The summed E-state index contributed by atoms with van der Waals surface area (Å²) in [5.74, 6) is 0.395. The molecule has 9 rings (SSSR count). The number of aromatic nitrogens is 1. The van der Waals surface area contributed by atoms with Crippen LogP contribution in [0.1, 0.15) is 5.56 Å². The zero-order valence-electron chi connectivity index (χ0n) is 25.9. The van der Waals surface area contributed by atoms with Gasteiger partial charge >= 0.3 is 0 Å². The lowest BCUT2D eigenvalue weighted by Crippen LogP contribution is -2.16. The zero-order chi connectivity index (χ0) is 32.2. The third-order valence-electron chi connectivity index (χ3n) is 9.40. The van der Waals surface area contributed by atoms with Crippen molar-refractivity contribution >= 4 is 61.2 Å². The first-order valence-corrected chi connectivity index (χ1v) is 16.0. The zero-order valence-corrected chi connectivity index (χ0v) is 25.9. The molecule has 7 aromatic carbocycles. The molecule has 0 saturated heterocycles. The van der Waals surface area contributed by atoms with Crippen molar-refractivity contribution in [1.82, 2.24) is 10.0 Å². The summed E-state index contributed by atoms with van der Waals surface area (Å²) in [6, 6.07) is 54.4. The number of hydroxylamine groups is 1.